The molecule has 1 aliphatic rings. The SMILES string of the molecule is N#Cc1ccc(CNC(=O)N2CCOC(c3ccc(F)c(F)c3)C2)cc1. The maximum absolute atomic E-state index is 13.4. The minimum atomic E-state index is -0.937. The van der Waals surface area contributed by atoms with Crippen LogP contribution in [-0.2, 0) is 11.3 Å². The molecule has 1 unspecified atom stereocenters. The molecule has 1 saturated heterocycles. The number of nitrogens with one attached hydrogen (secondary N) is 1. The van der Waals surface area contributed by atoms with Crippen LogP contribution in [0.15, 0.2) is 42.5 Å². The predicted octanol–water partition coefficient (Wildman–Crippen LogP) is 3.12. The molecule has 0 aromatic heterocycles. The second-order valence-corrected chi connectivity index (χ2v) is 5.95. The van der Waals surface area contributed by atoms with Crippen LogP contribution in [0.1, 0.15) is 22.8 Å². The van der Waals surface area contributed by atoms with Crippen LogP contribution in [0.25, 0.3) is 0 Å². The zero-order valence-corrected chi connectivity index (χ0v) is 13.9. The van der Waals surface area contributed by atoms with Crippen LogP contribution in [0.5, 0.6) is 0 Å². The molecular formula is C19H17F2N3O2. The van der Waals surface area contributed by atoms with E-state index in [2.05, 4.69) is 5.32 Å². The molecule has 3 rings (SSSR count). The number of carbonyl (C=O) groups excluding carboxylic acids is 1. The molecule has 0 aliphatic carbocycles. The van der Waals surface area contributed by atoms with E-state index < -0.39 is 17.7 Å². The van der Waals surface area contributed by atoms with E-state index in [0.717, 1.165) is 17.7 Å². The van der Waals surface area contributed by atoms with E-state index in [9.17, 15) is 13.6 Å². The highest BCUT2D eigenvalue weighted by Gasteiger charge is 2.26. The van der Waals surface area contributed by atoms with Crippen molar-refractivity contribution in [2.24, 2.45) is 0 Å². The number of nitrogens with zero attached hydrogens (tertiary/aromatic N) is 2. The zero-order chi connectivity index (χ0) is 18.5. The fourth-order valence-electron chi connectivity index (χ4n) is 2.73. The Labute approximate surface area is 149 Å². The van der Waals surface area contributed by atoms with Gasteiger partial charge in [0, 0.05) is 13.1 Å². The van der Waals surface area contributed by atoms with Crippen LogP contribution >= 0.6 is 0 Å². The maximum atomic E-state index is 13.4. The molecule has 1 fully saturated rings. The lowest BCUT2D eigenvalue weighted by molar-refractivity contribution is -0.0156. The standard InChI is InChI=1S/C19H17F2N3O2/c20-16-6-5-15(9-17(16)21)18-12-24(7-8-26-18)19(25)23-11-14-3-1-13(10-22)2-4-14/h1-6,9,18H,7-8,11-12H2,(H,23,25). The van der Waals surface area contributed by atoms with Crippen molar-refractivity contribution in [3.8, 4) is 6.07 Å². The van der Waals surface area contributed by atoms with Gasteiger partial charge >= 0.3 is 6.03 Å². The molecule has 0 radical (unpaired) electrons. The van der Waals surface area contributed by atoms with E-state index in [-0.39, 0.29) is 12.6 Å². The number of benzene rings is 2. The summed E-state index contributed by atoms with van der Waals surface area (Å²) in [6.07, 6.45) is -0.500. The molecular weight excluding hydrogens is 340 g/mol. The number of rotatable bonds is 3. The summed E-state index contributed by atoms with van der Waals surface area (Å²) < 4.78 is 32.1. The first-order valence-corrected chi connectivity index (χ1v) is 8.15. The van der Waals surface area contributed by atoms with Crippen LogP contribution < -0.4 is 5.32 Å². The van der Waals surface area contributed by atoms with E-state index in [1.165, 1.54) is 6.07 Å². The Morgan fingerprint density at radius 1 is 1.23 bits per heavy atom. The molecule has 2 aromatic carbocycles. The van der Waals surface area contributed by atoms with Gasteiger partial charge in [0.05, 0.1) is 24.8 Å². The highest BCUT2D eigenvalue weighted by Crippen LogP contribution is 2.23. The Hall–Kier alpha value is -2.98. The van der Waals surface area contributed by atoms with E-state index in [1.807, 2.05) is 6.07 Å². The predicted molar refractivity (Wildman–Crippen MR) is 90.0 cm³/mol. The van der Waals surface area contributed by atoms with E-state index in [1.54, 1.807) is 29.2 Å². The van der Waals surface area contributed by atoms with E-state index in [0.29, 0.717) is 30.8 Å². The summed E-state index contributed by atoms with van der Waals surface area (Å²) in [6, 6.07) is 12.3. The number of carbonyl (C=O) groups is 1. The van der Waals surface area contributed by atoms with Gasteiger partial charge in [-0.2, -0.15) is 5.26 Å². The molecule has 0 saturated carbocycles. The van der Waals surface area contributed by atoms with Gasteiger partial charge in [0.2, 0.25) is 0 Å². The third-order valence-electron chi connectivity index (χ3n) is 4.20. The number of urea groups is 1. The Balaban J connectivity index is 1.58. The number of morpholine rings is 1. The number of hydrogen-bond acceptors (Lipinski definition) is 3. The number of amides is 2. The summed E-state index contributed by atoms with van der Waals surface area (Å²) in [6.45, 7) is 1.31. The Bertz CT molecular complexity index is 834. The third-order valence-corrected chi connectivity index (χ3v) is 4.20. The van der Waals surface area contributed by atoms with Crippen molar-refractivity contribution in [3.63, 3.8) is 0 Å². The molecule has 1 N–H and O–H groups in total. The van der Waals surface area contributed by atoms with Crippen LogP contribution in [-0.4, -0.2) is 30.6 Å². The minimum Gasteiger partial charge on any atom is -0.370 e. The maximum Gasteiger partial charge on any atom is 0.317 e. The number of hydrogen-bond donors (Lipinski definition) is 1. The van der Waals surface area contributed by atoms with E-state index in [4.69, 9.17) is 10.00 Å². The van der Waals surface area contributed by atoms with Gasteiger partial charge in [0.25, 0.3) is 0 Å². The first-order valence-electron chi connectivity index (χ1n) is 8.15. The largest absolute Gasteiger partial charge is 0.370 e. The molecule has 26 heavy (non-hydrogen) atoms. The summed E-state index contributed by atoms with van der Waals surface area (Å²) in [5, 5.41) is 11.6. The first-order chi connectivity index (χ1) is 12.6. The van der Waals surface area contributed by atoms with Crippen LogP contribution in [0, 0.1) is 23.0 Å². The van der Waals surface area contributed by atoms with Crippen LogP contribution in [0.2, 0.25) is 0 Å². The topological polar surface area (TPSA) is 65.4 Å². The zero-order valence-electron chi connectivity index (χ0n) is 13.9. The van der Waals surface area contributed by atoms with Gasteiger partial charge in [-0.25, -0.2) is 13.6 Å². The summed E-state index contributed by atoms with van der Waals surface area (Å²) in [7, 11) is 0. The van der Waals surface area contributed by atoms with Crippen molar-refractivity contribution < 1.29 is 18.3 Å². The van der Waals surface area contributed by atoms with Gasteiger partial charge < -0.3 is 15.0 Å². The molecule has 0 spiro atoms. The average molecular weight is 357 g/mol. The molecule has 134 valence electrons. The highest BCUT2D eigenvalue weighted by molar-refractivity contribution is 5.74. The average Bonchev–Trinajstić information content (AvgIpc) is 2.68. The summed E-state index contributed by atoms with van der Waals surface area (Å²) in [5.41, 5.74) is 1.93. The first kappa shape index (κ1) is 17.8. The molecule has 1 heterocycles. The molecule has 7 heteroatoms. The Morgan fingerprint density at radius 2 is 2.00 bits per heavy atom. The second-order valence-electron chi connectivity index (χ2n) is 5.95. The van der Waals surface area contributed by atoms with Crippen molar-refractivity contribution in [2.45, 2.75) is 12.6 Å². The Morgan fingerprint density at radius 3 is 2.69 bits per heavy atom. The fraction of sp³-hybridized carbons (Fsp3) is 0.263. The van der Waals surface area contributed by atoms with Gasteiger partial charge in [-0.15, -0.1) is 0 Å². The lowest BCUT2D eigenvalue weighted by Crippen LogP contribution is -2.47. The van der Waals surface area contributed by atoms with Crippen molar-refractivity contribution in [1.82, 2.24) is 10.2 Å². The van der Waals surface area contributed by atoms with Gasteiger partial charge in [-0.1, -0.05) is 18.2 Å². The van der Waals surface area contributed by atoms with Gasteiger partial charge in [0.15, 0.2) is 11.6 Å². The normalized spacial score (nSPS) is 16.8. The summed E-state index contributed by atoms with van der Waals surface area (Å²) in [5.74, 6) is -1.85. The number of ether oxygens (including phenoxy) is 1. The van der Waals surface area contributed by atoms with Gasteiger partial charge in [-0.05, 0) is 35.4 Å². The molecule has 0 bridgehead atoms. The number of nitriles is 1. The monoisotopic (exact) mass is 357 g/mol. The van der Waals surface area contributed by atoms with Crippen molar-refractivity contribution in [1.29, 1.82) is 5.26 Å². The van der Waals surface area contributed by atoms with Crippen LogP contribution in [0.4, 0.5) is 13.6 Å². The molecule has 1 atom stereocenters. The molecule has 2 aromatic rings. The van der Waals surface area contributed by atoms with Gasteiger partial charge in [-0.3, -0.25) is 0 Å². The lowest BCUT2D eigenvalue weighted by atomic mass is 10.1. The smallest absolute Gasteiger partial charge is 0.317 e. The van der Waals surface area contributed by atoms with Crippen molar-refractivity contribution in [3.05, 3.63) is 70.8 Å². The quantitative estimate of drug-likeness (QED) is 0.918. The van der Waals surface area contributed by atoms with Gasteiger partial charge in [0.1, 0.15) is 6.10 Å². The Kier molecular flexibility index (Phi) is 5.44. The number of halogens is 2. The van der Waals surface area contributed by atoms with Crippen LogP contribution in [0.3, 0.4) is 0 Å². The van der Waals surface area contributed by atoms with Crippen molar-refractivity contribution >= 4 is 6.03 Å². The summed E-state index contributed by atoms with van der Waals surface area (Å²) >= 11 is 0. The second kappa shape index (κ2) is 7.93. The molecule has 5 nitrogen and oxygen atoms in total. The lowest BCUT2D eigenvalue weighted by Gasteiger charge is -2.33. The molecule has 1 aliphatic heterocycles. The minimum absolute atomic E-state index is 0.254. The van der Waals surface area contributed by atoms with Crippen molar-refractivity contribution in [2.75, 3.05) is 19.7 Å². The summed E-state index contributed by atoms with van der Waals surface area (Å²) in [4.78, 5) is 13.9. The van der Waals surface area contributed by atoms with E-state index >= 15 is 0 Å². The third kappa shape index (κ3) is 4.16. The molecule has 2 amide bonds. The highest BCUT2D eigenvalue weighted by atomic mass is 19.2. The fourth-order valence-corrected chi connectivity index (χ4v) is 2.73.